The zero-order valence-electron chi connectivity index (χ0n) is 14.6. The average Bonchev–Trinajstić information content (AvgIpc) is 2.92. The highest BCUT2D eigenvalue weighted by atomic mass is 32.2. The maximum atomic E-state index is 12.4. The van der Waals surface area contributed by atoms with Gasteiger partial charge >= 0.3 is 0 Å². The predicted octanol–water partition coefficient (Wildman–Crippen LogP) is 1.17. The number of sulfonamides is 1. The molecule has 1 aliphatic heterocycles. The van der Waals surface area contributed by atoms with E-state index < -0.39 is 10.0 Å². The number of nitrogens with zero attached hydrogens (tertiary/aromatic N) is 1. The zero-order valence-corrected chi connectivity index (χ0v) is 15.4. The van der Waals surface area contributed by atoms with Gasteiger partial charge < -0.3 is 10.6 Å². The molecule has 6 nitrogen and oxygen atoms in total. The van der Waals surface area contributed by atoms with Gasteiger partial charge in [0.05, 0.1) is 4.90 Å². The Hall–Kier alpha value is -1.44. The Kier molecular flexibility index (Phi) is 5.67. The topological polar surface area (TPSA) is 92.5 Å². The van der Waals surface area contributed by atoms with Crippen molar-refractivity contribution in [2.45, 2.75) is 38.5 Å². The lowest BCUT2D eigenvalue weighted by Crippen LogP contribution is -2.36. The lowest BCUT2D eigenvalue weighted by molar-refractivity contribution is -0.130. The molecule has 0 bridgehead atoms. The molecule has 0 aliphatic carbocycles. The van der Waals surface area contributed by atoms with Crippen LogP contribution in [-0.4, -0.2) is 45.4 Å². The molecule has 1 heterocycles. The van der Waals surface area contributed by atoms with E-state index in [-0.39, 0.29) is 29.2 Å². The van der Waals surface area contributed by atoms with Crippen molar-refractivity contribution in [1.29, 1.82) is 0 Å². The third kappa shape index (κ3) is 4.34. The Bertz CT molecular complexity index is 718. The quantitative estimate of drug-likeness (QED) is 0.803. The maximum Gasteiger partial charge on any atom is 0.240 e. The third-order valence-electron chi connectivity index (χ3n) is 4.67. The average molecular weight is 353 g/mol. The third-order valence-corrected chi connectivity index (χ3v) is 6.27. The number of likely N-dealkylation sites (tertiary alicyclic amines) is 1. The molecule has 1 fully saturated rings. The summed E-state index contributed by atoms with van der Waals surface area (Å²) in [6.45, 7) is 7.67. The molecule has 1 amide bonds. The van der Waals surface area contributed by atoms with E-state index in [9.17, 15) is 13.2 Å². The first-order valence-electron chi connectivity index (χ1n) is 8.22. The highest BCUT2D eigenvalue weighted by molar-refractivity contribution is 7.89. The number of nitrogens with one attached hydrogen (secondary N) is 1. The molecule has 1 saturated heterocycles. The smallest absolute Gasteiger partial charge is 0.240 e. The summed E-state index contributed by atoms with van der Waals surface area (Å²) in [5, 5.41) is 0. The fraction of sp³-hybridized carbons (Fsp3) is 0.588. The van der Waals surface area contributed by atoms with Gasteiger partial charge in [0.1, 0.15) is 0 Å². The first-order chi connectivity index (χ1) is 11.2. The molecular formula is C17H27N3O3S. The number of amides is 1. The van der Waals surface area contributed by atoms with Crippen LogP contribution in [0.5, 0.6) is 0 Å². The van der Waals surface area contributed by atoms with Crippen molar-refractivity contribution >= 4 is 15.9 Å². The van der Waals surface area contributed by atoms with Crippen molar-refractivity contribution in [1.82, 2.24) is 9.62 Å². The van der Waals surface area contributed by atoms with Gasteiger partial charge in [-0.3, -0.25) is 4.79 Å². The first kappa shape index (κ1) is 18.9. The van der Waals surface area contributed by atoms with Gasteiger partial charge in [-0.1, -0.05) is 19.1 Å². The molecule has 24 heavy (non-hydrogen) atoms. The molecule has 1 atom stereocenters. The number of carbonyl (C=O) groups excluding carboxylic acids is 1. The van der Waals surface area contributed by atoms with Crippen molar-refractivity contribution in [2.24, 2.45) is 11.1 Å². The van der Waals surface area contributed by atoms with Crippen molar-refractivity contribution in [3.63, 3.8) is 0 Å². The summed E-state index contributed by atoms with van der Waals surface area (Å²) >= 11 is 0. The monoisotopic (exact) mass is 353 g/mol. The molecule has 7 heteroatoms. The summed E-state index contributed by atoms with van der Waals surface area (Å²) in [6, 6.07) is 5.30. The molecule has 1 aromatic rings. The van der Waals surface area contributed by atoms with Crippen LogP contribution in [0.15, 0.2) is 23.1 Å². The van der Waals surface area contributed by atoms with Crippen molar-refractivity contribution in [2.75, 3.05) is 26.2 Å². The summed E-state index contributed by atoms with van der Waals surface area (Å²) in [7, 11) is -3.60. The molecule has 0 spiro atoms. The van der Waals surface area contributed by atoms with Crippen molar-refractivity contribution < 1.29 is 13.2 Å². The van der Waals surface area contributed by atoms with E-state index in [1.54, 1.807) is 24.0 Å². The largest absolute Gasteiger partial charge is 0.342 e. The zero-order chi connectivity index (χ0) is 18.0. The van der Waals surface area contributed by atoms with E-state index in [2.05, 4.69) is 11.6 Å². The van der Waals surface area contributed by atoms with Gasteiger partial charge in [0.2, 0.25) is 15.9 Å². The maximum absolute atomic E-state index is 12.4. The van der Waals surface area contributed by atoms with Crippen LogP contribution < -0.4 is 10.5 Å². The molecule has 3 N–H and O–H groups in total. The van der Waals surface area contributed by atoms with Crippen LogP contribution in [-0.2, 0) is 14.8 Å². The van der Waals surface area contributed by atoms with Crippen LogP contribution in [0.3, 0.4) is 0 Å². The fourth-order valence-electron chi connectivity index (χ4n) is 2.93. The lowest BCUT2D eigenvalue weighted by Gasteiger charge is -2.22. The number of carbonyl (C=O) groups is 1. The molecule has 1 aromatic carbocycles. The van der Waals surface area contributed by atoms with Gasteiger partial charge in [0.25, 0.3) is 0 Å². The van der Waals surface area contributed by atoms with Crippen molar-refractivity contribution in [3.05, 3.63) is 29.3 Å². The minimum Gasteiger partial charge on any atom is -0.342 e. The van der Waals surface area contributed by atoms with Crippen LogP contribution in [0.4, 0.5) is 0 Å². The lowest BCUT2D eigenvalue weighted by atomic mass is 9.90. The second-order valence-electron chi connectivity index (χ2n) is 7.00. The highest BCUT2D eigenvalue weighted by Crippen LogP contribution is 2.28. The Morgan fingerprint density at radius 2 is 2.08 bits per heavy atom. The minimum absolute atomic E-state index is 0.0200. The molecular weight excluding hydrogens is 326 g/mol. The highest BCUT2D eigenvalue weighted by Gasteiger charge is 2.34. The van der Waals surface area contributed by atoms with Gasteiger partial charge in [-0.25, -0.2) is 13.1 Å². The second kappa shape index (κ2) is 7.21. The second-order valence-corrected chi connectivity index (χ2v) is 8.73. The first-order valence-corrected chi connectivity index (χ1v) is 9.70. The van der Waals surface area contributed by atoms with E-state index in [0.29, 0.717) is 25.2 Å². The number of nitrogens with two attached hydrogens (primary N) is 1. The van der Waals surface area contributed by atoms with Gasteiger partial charge in [-0.15, -0.1) is 0 Å². The Morgan fingerprint density at radius 1 is 1.38 bits per heavy atom. The SMILES string of the molecule is Cc1ccc(C)c(S(=O)(=O)NCCC(=O)N2CCC(C)(CN)C2)c1. The molecule has 1 aliphatic rings. The predicted molar refractivity (Wildman–Crippen MR) is 94.1 cm³/mol. The van der Waals surface area contributed by atoms with Crippen LogP contribution in [0, 0.1) is 19.3 Å². The van der Waals surface area contributed by atoms with E-state index in [1.807, 2.05) is 13.0 Å². The Morgan fingerprint density at radius 3 is 2.71 bits per heavy atom. The number of aryl methyl sites for hydroxylation is 2. The van der Waals surface area contributed by atoms with E-state index in [0.717, 1.165) is 12.0 Å². The van der Waals surface area contributed by atoms with E-state index in [4.69, 9.17) is 5.73 Å². The summed E-state index contributed by atoms with van der Waals surface area (Å²) in [5.41, 5.74) is 7.31. The molecule has 0 saturated carbocycles. The van der Waals surface area contributed by atoms with Gasteiger partial charge in [0, 0.05) is 26.1 Å². The molecule has 0 aromatic heterocycles. The summed E-state index contributed by atoms with van der Waals surface area (Å²) < 4.78 is 27.3. The Balaban J connectivity index is 1.92. The minimum atomic E-state index is -3.60. The Labute approximate surface area is 144 Å². The molecule has 134 valence electrons. The number of hydrogen-bond donors (Lipinski definition) is 2. The van der Waals surface area contributed by atoms with Crippen LogP contribution in [0.2, 0.25) is 0 Å². The van der Waals surface area contributed by atoms with Crippen molar-refractivity contribution in [3.8, 4) is 0 Å². The number of benzene rings is 1. The molecule has 2 rings (SSSR count). The fourth-order valence-corrected chi connectivity index (χ4v) is 4.29. The molecule has 1 unspecified atom stereocenters. The summed E-state index contributed by atoms with van der Waals surface area (Å²) in [6.07, 6.45) is 1.05. The van der Waals surface area contributed by atoms with Crippen LogP contribution in [0.1, 0.15) is 30.9 Å². The summed E-state index contributed by atoms with van der Waals surface area (Å²) in [5.74, 6) is -0.0316. The number of hydrogen-bond acceptors (Lipinski definition) is 4. The number of rotatable bonds is 6. The normalized spacial score (nSPS) is 21.2. The van der Waals surface area contributed by atoms with E-state index in [1.165, 1.54) is 0 Å². The standard InChI is InChI=1S/C17H27N3O3S/c1-13-4-5-14(2)15(10-13)24(22,23)19-8-6-16(21)20-9-7-17(3,11-18)12-20/h4-5,10,19H,6-9,11-12,18H2,1-3H3. The van der Waals surface area contributed by atoms with Gasteiger partial charge in [-0.05, 0) is 49.4 Å². The molecule has 0 radical (unpaired) electrons. The van der Waals surface area contributed by atoms with Gasteiger partial charge in [0.15, 0.2) is 0 Å². The van der Waals surface area contributed by atoms with E-state index >= 15 is 0 Å². The van der Waals surface area contributed by atoms with Crippen LogP contribution >= 0.6 is 0 Å². The van der Waals surface area contributed by atoms with Gasteiger partial charge in [-0.2, -0.15) is 0 Å². The summed E-state index contributed by atoms with van der Waals surface area (Å²) in [4.78, 5) is 14.3. The van der Waals surface area contributed by atoms with Crippen LogP contribution in [0.25, 0.3) is 0 Å².